The fourth-order valence-electron chi connectivity index (χ4n) is 5.33. The van der Waals surface area contributed by atoms with Crippen LogP contribution in [-0.2, 0) is 0 Å². The van der Waals surface area contributed by atoms with E-state index in [4.69, 9.17) is 33.5 Å². The molecule has 1 saturated heterocycles. The number of ether oxygens (including phenoxy) is 1. The van der Waals surface area contributed by atoms with E-state index >= 15 is 0 Å². The quantitative estimate of drug-likeness (QED) is 0.263. The maximum atomic E-state index is 6.38. The Hall–Kier alpha value is -3.35. The Bertz CT molecular complexity index is 1430. The van der Waals surface area contributed by atoms with Gasteiger partial charge in [0.25, 0.3) is 0 Å². The molecule has 2 atom stereocenters. The zero-order chi connectivity index (χ0) is 26.3. The molecule has 0 saturated carbocycles. The highest BCUT2D eigenvalue weighted by molar-refractivity contribution is 7.80. The third-order valence-corrected chi connectivity index (χ3v) is 7.50. The van der Waals surface area contributed by atoms with Crippen LogP contribution < -0.4 is 15.0 Å². The Morgan fingerprint density at radius 3 is 2.35 bits per heavy atom. The minimum Gasteiger partial charge on any atom is -0.491 e. The summed E-state index contributed by atoms with van der Waals surface area (Å²) in [4.78, 5) is 6.92. The lowest BCUT2D eigenvalue weighted by molar-refractivity contribution is 0.242. The molecule has 1 N–H and O–H groups in total. The van der Waals surface area contributed by atoms with Crippen molar-refractivity contribution in [1.29, 1.82) is 0 Å². The van der Waals surface area contributed by atoms with Crippen LogP contribution in [0.3, 0.4) is 0 Å². The van der Waals surface area contributed by atoms with Crippen LogP contribution in [0.15, 0.2) is 72.9 Å². The van der Waals surface area contributed by atoms with Crippen molar-refractivity contribution in [2.45, 2.75) is 52.8 Å². The minimum atomic E-state index is -0.118. The fraction of sp³-hybridized carbons (Fsp3) is 0.267. The molecule has 0 bridgehead atoms. The first kappa shape index (κ1) is 25.3. The molecular formula is C30H31ClN4OS. The van der Waals surface area contributed by atoms with Gasteiger partial charge in [-0.1, -0.05) is 23.7 Å². The molecule has 1 aliphatic heterocycles. The molecule has 5 nitrogen and oxygen atoms in total. The SMILES string of the molecule is Cc1c([C@@H]2[C@H](c3ccccn3)NC(=S)N2c2ccc(OC(C)C)cc2)c(C)n(-c2cccc(Cl)c2)c1C. The Balaban J connectivity index is 1.67. The fourth-order valence-corrected chi connectivity index (χ4v) is 5.86. The number of hydrogen-bond acceptors (Lipinski definition) is 3. The predicted molar refractivity (Wildman–Crippen MR) is 155 cm³/mol. The van der Waals surface area contributed by atoms with Gasteiger partial charge in [-0.15, -0.1) is 0 Å². The first-order chi connectivity index (χ1) is 17.8. The van der Waals surface area contributed by atoms with Gasteiger partial charge in [-0.05, 0) is 107 Å². The van der Waals surface area contributed by atoms with Crippen LogP contribution in [0.1, 0.15) is 54.1 Å². The normalized spacial score (nSPS) is 17.4. The molecule has 0 aliphatic carbocycles. The molecule has 0 unspecified atom stereocenters. The van der Waals surface area contributed by atoms with E-state index in [9.17, 15) is 0 Å². The van der Waals surface area contributed by atoms with Gasteiger partial charge in [0, 0.05) is 39.5 Å². The van der Waals surface area contributed by atoms with Crippen molar-refractivity contribution in [2.24, 2.45) is 0 Å². The molecule has 1 aliphatic rings. The van der Waals surface area contributed by atoms with Crippen LogP contribution in [0.5, 0.6) is 5.75 Å². The first-order valence-corrected chi connectivity index (χ1v) is 13.3. The number of thiocarbonyl (C=S) groups is 1. The molecule has 0 radical (unpaired) electrons. The number of nitrogens with zero attached hydrogens (tertiary/aromatic N) is 3. The van der Waals surface area contributed by atoms with Crippen molar-refractivity contribution in [3.63, 3.8) is 0 Å². The third kappa shape index (κ3) is 4.72. The number of halogens is 1. The van der Waals surface area contributed by atoms with Gasteiger partial charge in [-0.2, -0.15) is 0 Å². The molecule has 5 rings (SSSR count). The zero-order valence-electron chi connectivity index (χ0n) is 21.7. The molecule has 7 heteroatoms. The van der Waals surface area contributed by atoms with E-state index in [-0.39, 0.29) is 18.2 Å². The van der Waals surface area contributed by atoms with Crippen LogP contribution in [0, 0.1) is 20.8 Å². The third-order valence-electron chi connectivity index (χ3n) is 6.95. The predicted octanol–water partition coefficient (Wildman–Crippen LogP) is 7.42. The Morgan fingerprint density at radius 2 is 1.70 bits per heavy atom. The number of nitrogens with one attached hydrogen (secondary N) is 1. The highest BCUT2D eigenvalue weighted by Gasteiger charge is 2.43. The summed E-state index contributed by atoms with van der Waals surface area (Å²) in [5.74, 6) is 0.838. The molecule has 37 heavy (non-hydrogen) atoms. The average molecular weight is 531 g/mol. The van der Waals surface area contributed by atoms with Crippen LogP contribution in [0.4, 0.5) is 5.69 Å². The molecule has 2 aromatic heterocycles. The molecular weight excluding hydrogens is 500 g/mol. The lowest BCUT2D eigenvalue weighted by atomic mass is 9.93. The molecule has 1 fully saturated rings. The van der Waals surface area contributed by atoms with Gasteiger partial charge in [0.15, 0.2) is 5.11 Å². The summed E-state index contributed by atoms with van der Waals surface area (Å²) in [5, 5.41) is 4.96. The van der Waals surface area contributed by atoms with Crippen LogP contribution in [0.25, 0.3) is 5.69 Å². The summed E-state index contributed by atoms with van der Waals surface area (Å²) < 4.78 is 8.17. The van der Waals surface area contributed by atoms with Crippen molar-refractivity contribution in [2.75, 3.05) is 4.90 Å². The standard InChI is InChI=1S/C30H31ClN4OS/c1-18(2)36-25-14-12-23(13-15-25)35-29(28(33-30(35)37)26-11-6-7-16-32-26)27-19(3)20(4)34(21(27)5)24-10-8-9-22(31)17-24/h6-18,28-29H,1-5H3,(H,33,37)/t28-,29+/m0/s1. The number of benzene rings is 2. The number of hydrogen-bond donors (Lipinski definition) is 1. The van der Waals surface area contributed by atoms with Crippen molar-refractivity contribution >= 4 is 34.6 Å². The summed E-state index contributed by atoms with van der Waals surface area (Å²) in [6.07, 6.45) is 1.95. The molecule has 190 valence electrons. The molecule has 0 spiro atoms. The van der Waals surface area contributed by atoms with Crippen molar-refractivity contribution in [3.8, 4) is 11.4 Å². The summed E-state index contributed by atoms with van der Waals surface area (Å²) in [6.45, 7) is 10.6. The second-order valence-electron chi connectivity index (χ2n) is 9.68. The van der Waals surface area contributed by atoms with Gasteiger partial charge in [0.2, 0.25) is 0 Å². The first-order valence-electron chi connectivity index (χ1n) is 12.5. The molecule has 0 amide bonds. The minimum absolute atomic E-state index is 0.0987. The van der Waals surface area contributed by atoms with Crippen molar-refractivity contribution in [3.05, 3.63) is 106 Å². The lowest BCUT2D eigenvalue weighted by Gasteiger charge is -2.29. The van der Waals surface area contributed by atoms with E-state index < -0.39 is 0 Å². The van der Waals surface area contributed by atoms with Crippen molar-refractivity contribution < 1.29 is 4.74 Å². The second kappa shape index (κ2) is 10.2. The summed E-state index contributed by atoms with van der Waals surface area (Å²) >= 11 is 12.3. The van der Waals surface area contributed by atoms with Gasteiger partial charge >= 0.3 is 0 Å². The monoisotopic (exact) mass is 530 g/mol. The van der Waals surface area contributed by atoms with E-state index in [1.165, 1.54) is 16.8 Å². The van der Waals surface area contributed by atoms with E-state index in [2.05, 4.69) is 59.8 Å². The Labute approximate surface area is 229 Å². The number of rotatable bonds is 6. The topological polar surface area (TPSA) is 42.3 Å². The van der Waals surface area contributed by atoms with Crippen LogP contribution in [0.2, 0.25) is 5.02 Å². The van der Waals surface area contributed by atoms with Crippen LogP contribution in [-0.4, -0.2) is 20.8 Å². The molecule has 2 aromatic carbocycles. The smallest absolute Gasteiger partial charge is 0.174 e. The van der Waals surface area contributed by atoms with Gasteiger partial charge in [0.05, 0.1) is 23.9 Å². The van der Waals surface area contributed by atoms with Gasteiger partial charge in [-0.3, -0.25) is 4.98 Å². The van der Waals surface area contributed by atoms with E-state index in [0.29, 0.717) is 10.1 Å². The van der Waals surface area contributed by atoms with Crippen molar-refractivity contribution in [1.82, 2.24) is 14.9 Å². The van der Waals surface area contributed by atoms with Gasteiger partial charge in [0.1, 0.15) is 5.75 Å². The van der Waals surface area contributed by atoms with Gasteiger partial charge < -0.3 is 19.5 Å². The largest absolute Gasteiger partial charge is 0.491 e. The maximum Gasteiger partial charge on any atom is 0.174 e. The summed E-state index contributed by atoms with van der Waals surface area (Å²) in [6, 6.07) is 21.9. The maximum absolute atomic E-state index is 6.38. The van der Waals surface area contributed by atoms with E-state index in [1.54, 1.807) is 0 Å². The van der Waals surface area contributed by atoms with E-state index in [0.717, 1.165) is 28.5 Å². The molecule has 3 heterocycles. The lowest BCUT2D eigenvalue weighted by Crippen LogP contribution is -2.29. The number of anilines is 1. The second-order valence-corrected chi connectivity index (χ2v) is 10.5. The van der Waals surface area contributed by atoms with Crippen LogP contribution >= 0.6 is 23.8 Å². The Kier molecular flexibility index (Phi) is 6.97. The van der Waals surface area contributed by atoms with E-state index in [1.807, 2.05) is 62.5 Å². The molecule has 4 aromatic rings. The highest BCUT2D eigenvalue weighted by Crippen LogP contribution is 2.45. The number of pyridine rings is 1. The average Bonchev–Trinajstić information content (AvgIpc) is 3.32. The summed E-state index contributed by atoms with van der Waals surface area (Å²) in [7, 11) is 0. The number of aromatic nitrogens is 2. The zero-order valence-corrected chi connectivity index (χ0v) is 23.3. The van der Waals surface area contributed by atoms with Gasteiger partial charge in [-0.25, -0.2) is 0 Å². The summed E-state index contributed by atoms with van der Waals surface area (Å²) in [5.41, 5.74) is 7.77. The Morgan fingerprint density at radius 1 is 0.946 bits per heavy atom. The highest BCUT2D eigenvalue weighted by atomic mass is 35.5.